The SMILES string of the molecule is CSc1ccc(/C=C/C(=O)OCc2cc(-c3ccccc3)on2)cc1. The van der Waals surface area contributed by atoms with E-state index in [2.05, 4.69) is 5.16 Å². The van der Waals surface area contributed by atoms with Gasteiger partial charge in [0.15, 0.2) is 5.76 Å². The van der Waals surface area contributed by atoms with Crippen LogP contribution in [-0.2, 0) is 16.1 Å². The second kappa shape index (κ2) is 8.35. The zero-order valence-electron chi connectivity index (χ0n) is 13.7. The Kier molecular flexibility index (Phi) is 5.69. The van der Waals surface area contributed by atoms with Gasteiger partial charge < -0.3 is 9.26 Å². The van der Waals surface area contributed by atoms with Crippen LogP contribution in [0.2, 0.25) is 0 Å². The average molecular weight is 351 g/mol. The highest BCUT2D eigenvalue weighted by Crippen LogP contribution is 2.20. The fourth-order valence-electron chi connectivity index (χ4n) is 2.19. The van der Waals surface area contributed by atoms with Crippen LogP contribution in [0.5, 0.6) is 0 Å². The number of nitrogens with zero attached hydrogens (tertiary/aromatic N) is 1. The van der Waals surface area contributed by atoms with E-state index < -0.39 is 5.97 Å². The first-order valence-corrected chi connectivity index (χ1v) is 8.97. The predicted molar refractivity (Wildman–Crippen MR) is 99.0 cm³/mol. The van der Waals surface area contributed by atoms with Crippen molar-refractivity contribution in [3.63, 3.8) is 0 Å². The van der Waals surface area contributed by atoms with Crippen LogP contribution in [0.4, 0.5) is 0 Å². The molecule has 0 aliphatic heterocycles. The number of esters is 1. The Balaban J connectivity index is 1.53. The number of ether oxygens (including phenoxy) is 1. The largest absolute Gasteiger partial charge is 0.456 e. The summed E-state index contributed by atoms with van der Waals surface area (Å²) < 4.78 is 10.5. The van der Waals surface area contributed by atoms with Crippen LogP contribution in [0, 0.1) is 0 Å². The lowest BCUT2D eigenvalue weighted by atomic mass is 10.2. The van der Waals surface area contributed by atoms with E-state index in [9.17, 15) is 4.79 Å². The van der Waals surface area contributed by atoms with E-state index >= 15 is 0 Å². The third-order valence-corrected chi connectivity index (χ3v) is 4.25. The minimum absolute atomic E-state index is 0.0743. The topological polar surface area (TPSA) is 52.3 Å². The van der Waals surface area contributed by atoms with Gasteiger partial charge in [-0.3, -0.25) is 0 Å². The van der Waals surface area contributed by atoms with Crippen molar-refractivity contribution in [2.24, 2.45) is 0 Å². The zero-order chi connectivity index (χ0) is 17.5. The maximum atomic E-state index is 11.8. The molecule has 2 aromatic carbocycles. The first-order valence-electron chi connectivity index (χ1n) is 7.74. The fraction of sp³-hybridized carbons (Fsp3) is 0.100. The van der Waals surface area contributed by atoms with Crippen LogP contribution in [0.15, 0.2) is 76.2 Å². The van der Waals surface area contributed by atoms with Gasteiger partial charge in [0.05, 0.1) is 0 Å². The van der Waals surface area contributed by atoms with E-state index in [0.717, 1.165) is 11.1 Å². The maximum Gasteiger partial charge on any atom is 0.331 e. The number of rotatable bonds is 6. The van der Waals surface area contributed by atoms with Crippen molar-refractivity contribution in [1.29, 1.82) is 0 Å². The summed E-state index contributed by atoms with van der Waals surface area (Å²) in [6.45, 7) is 0.0743. The summed E-state index contributed by atoms with van der Waals surface area (Å²) in [5.74, 6) is 0.231. The molecule has 0 bridgehead atoms. The van der Waals surface area contributed by atoms with E-state index in [4.69, 9.17) is 9.26 Å². The number of carbonyl (C=O) groups is 1. The summed E-state index contributed by atoms with van der Waals surface area (Å²) in [6, 6.07) is 19.4. The Morgan fingerprint density at radius 1 is 1.16 bits per heavy atom. The molecule has 0 saturated carbocycles. The molecule has 1 aromatic heterocycles. The lowest BCUT2D eigenvalue weighted by Crippen LogP contribution is -2.00. The molecular formula is C20H17NO3S. The monoisotopic (exact) mass is 351 g/mol. The molecule has 3 aromatic rings. The number of carbonyl (C=O) groups excluding carboxylic acids is 1. The molecule has 0 aliphatic rings. The van der Waals surface area contributed by atoms with Crippen LogP contribution in [0.25, 0.3) is 17.4 Å². The van der Waals surface area contributed by atoms with Gasteiger partial charge in [0.1, 0.15) is 12.3 Å². The van der Waals surface area contributed by atoms with Crippen molar-refractivity contribution in [1.82, 2.24) is 5.16 Å². The van der Waals surface area contributed by atoms with E-state index in [-0.39, 0.29) is 6.61 Å². The van der Waals surface area contributed by atoms with Gasteiger partial charge in [-0.15, -0.1) is 11.8 Å². The molecule has 0 aliphatic carbocycles. The van der Waals surface area contributed by atoms with Crippen LogP contribution in [-0.4, -0.2) is 17.4 Å². The molecule has 5 heteroatoms. The smallest absolute Gasteiger partial charge is 0.331 e. The molecular weight excluding hydrogens is 334 g/mol. The fourth-order valence-corrected chi connectivity index (χ4v) is 2.60. The Morgan fingerprint density at radius 2 is 1.92 bits per heavy atom. The van der Waals surface area contributed by atoms with Crippen LogP contribution in [0.3, 0.4) is 0 Å². The number of benzene rings is 2. The van der Waals surface area contributed by atoms with Crippen molar-refractivity contribution in [2.45, 2.75) is 11.5 Å². The normalized spacial score (nSPS) is 10.9. The minimum atomic E-state index is -0.418. The van der Waals surface area contributed by atoms with Crippen molar-refractivity contribution in [2.75, 3.05) is 6.26 Å². The molecule has 126 valence electrons. The Labute approximate surface area is 150 Å². The third-order valence-electron chi connectivity index (χ3n) is 3.51. The van der Waals surface area contributed by atoms with Gasteiger partial charge in [-0.25, -0.2) is 4.79 Å². The predicted octanol–water partition coefficient (Wildman–Crippen LogP) is 4.82. The zero-order valence-corrected chi connectivity index (χ0v) is 14.5. The molecule has 0 fully saturated rings. The molecule has 0 radical (unpaired) electrons. The maximum absolute atomic E-state index is 11.8. The van der Waals surface area contributed by atoms with Crippen LogP contribution >= 0.6 is 11.8 Å². The molecule has 25 heavy (non-hydrogen) atoms. The van der Waals surface area contributed by atoms with Gasteiger partial charge >= 0.3 is 5.97 Å². The first-order chi connectivity index (χ1) is 12.2. The molecule has 0 unspecified atom stereocenters. The van der Waals surface area contributed by atoms with Gasteiger partial charge in [-0.2, -0.15) is 0 Å². The summed E-state index contributed by atoms with van der Waals surface area (Å²) in [4.78, 5) is 13.0. The molecule has 0 saturated heterocycles. The Bertz CT molecular complexity index is 854. The quantitative estimate of drug-likeness (QED) is 0.362. The van der Waals surface area contributed by atoms with E-state index in [1.165, 1.54) is 11.0 Å². The number of hydrogen-bond acceptors (Lipinski definition) is 5. The third kappa shape index (κ3) is 4.84. The molecule has 0 spiro atoms. The Morgan fingerprint density at radius 3 is 2.64 bits per heavy atom. The second-order valence-electron chi connectivity index (χ2n) is 5.26. The summed E-state index contributed by atoms with van der Waals surface area (Å²) in [5.41, 5.74) is 2.45. The van der Waals surface area contributed by atoms with Gasteiger partial charge in [0.25, 0.3) is 0 Å². The standard InChI is InChI=1S/C20H17NO3S/c1-25-18-10-7-15(8-11-18)9-12-20(22)23-14-17-13-19(24-21-17)16-5-3-2-4-6-16/h2-13H,14H2,1H3/b12-9+. The lowest BCUT2D eigenvalue weighted by molar-refractivity contribution is -0.139. The highest BCUT2D eigenvalue weighted by atomic mass is 32.2. The molecule has 0 atom stereocenters. The van der Waals surface area contributed by atoms with E-state index in [0.29, 0.717) is 11.5 Å². The van der Waals surface area contributed by atoms with E-state index in [1.807, 2.05) is 60.9 Å². The van der Waals surface area contributed by atoms with Crippen molar-refractivity contribution in [3.05, 3.63) is 78.0 Å². The molecule has 0 amide bonds. The summed E-state index contributed by atoms with van der Waals surface area (Å²) in [7, 11) is 0. The summed E-state index contributed by atoms with van der Waals surface area (Å²) >= 11 is 1.68. The van der Waals surface area contributed by atoms with Gasteiger partial charge in [-0.05, 0) is 30.0 Å². The first kappa shape index (κ1) is 17.0. The van der Waals surface area contributed by atoms with Gasteiger partial charge in [0, 0.05) is 22.6 Å². The van der Waals surface area contributed by atoms with Crippen molar-refractivity contribution in [3.8, 4) is 11.3 Å². The van der Waals surface area contributed by atoms with Crippen molar-refractivity contribution < 1.29 is 14.1 Å². The summed E-state index contributed by atoms with van der Waals surface area (Å²) in [6.07, 6.45) is 5.16. The van der Waals surface area contributed by atoms with E-state index in [1.54, 1.807) is 23.9 Å². The number of thioether (sulfide) groups is 1. The number of aromatic nitrogens is 1. The molecule has 4 nitrogen and oxygen atoms in total. The lowest BCUT2D eigenvalue weighted by Gasteiger charge is -1.98. The molecule has 3 rings (SSSR count). The van der Waals surface area contributed by atoms with Crippen LogP contribution in [0.1, 0.15) is 11.3 Å². The Hall–Kier alpha value is -2.79. The second-order valence-corrected chi connectivity index (χ2v) is 6.14. The summed E-state index contributed by atoms with van der Waals surface area (Å²) in [5, 5.41) is 3.92. The number of hydrogen-bond donors (Lipinski definition) is 0. The van der Waals surface area contributed by atoms with Gasteiger partial charge in [0.2, 0.25) is 0 Å². The van der Waals surface area contributed by atoms with Crippen molar-refractivity contribution >= 4 is 23.8 Å². The molecule has 0 N–H and O–H groups in total. The van der Waals surface area contributed by atoms with Gasteiger partial charge in [-0.1, -0.05) is 47.6 Å². The average Bonchev–Trinajstić information content (AvgIpc) is 3.15. The highest BCUT2D eigenvalue weighted by Gasteiger charge is 2.08. The highest BCUT2D eigenvalue weighted by molar-refractivity contribution is 7.98. The minimum Gasteiger partial charge on any atom is -0.456 e. The van der Waals surface area contributed by atoms with Crippen LogP contribution < -0.4 is 0 Å². The molecule has 1 heterocycles.